The molecule has 4 rings (SSSR count). The first-order valence-corrected chi connectivity index (χ1v) is 8.81. The Hall–Kier alpha value is -3.40. The third-order valence-electron chi connectivity index (χ3n) is 4.94. The van der Waals surface area contributed by atoms with Crippen molar-refractivity contribution in [1.29, 1.82) is 5.26 Å². The molecule has 0 saturated carbocycles. The standard InChI is InChI=1S/C20H19N5O2/c1-12(15-7-18(26)22-10-15)27-20-19-17(23-11-25(19)2)8-16(24-20)14-5-3-13(9-21)4-6-14/h3-6,8,11-12,15H,7,10H2,1-2H3,(H,22,26)/t12?,15-/m1/s1. The van der Waals surface area contributed by atoms with Crippen molar-refractivity contribution >= 4 is 16.9 Å². The van der Waals surface area contributed by atoms with Gasteiger partial charge in [0, 0.05) is 31.5 Å². The molecule has 1 fully saturated rings. The first kappa shape index (κ1) is 17.0. The summed E-state index contributed by atoms with van der Waals surface area (Å²) in [5.74, 6) is 0.667. The van der Waals surface area contributed by atoms with Gasteiger partial charge in [-0.3, -0.25) is 4.79 Å². The van der Waals surface area contributed by atoms with Crippen LogP contribution in [-0.4, -0.2) is 33.1 Å². The molecule has 0 radical (unpaired) electrons. The van der Waals surface area contributed by atoms with Crippen LogP contribution in [0.3, 0.4) is 0 Å². The molecule has 3 aromatic rings. The number of hydrogen-bond donors (Lipinski definition) is 1. The Labute approximate surface area is 156 Å². The summed E-state index contributed by atoms with van der Waals surface area (Å²) in [6.45, 7) is 2.58. The molecule has 2 aromatic heterocycles. The van der Waals surface area contributed by atoms with Crippen molar-refractivity contribution in [2.75, 3.05) is 6.54 Å². The van der Waals surface area contributed by atoms with Crippen molar-refractivity contribution < 1.29 is 9.53 Å². The van der Waals surface area contributed by atoms with E-state index in [-0.39, 0.29) is 17.9 Å². The number of ether oxygens (including phenoxy) is 1. The molecular weight excluding hydrogens is 342 g/mol. The van der Waals surface area contributed by atoms with E-state index in [9.17, 15) is 4.79 Å². The highest BCUT2D eigenvalue weighted by atomic mass is 16.5. The maximum Gasteiger partial charge on any atom is 0.241 e. The van der Waals surface area contributed by atoms with Gasteiger partial charge in [0.25, 0.3) is 0 Å². The number of nitriles is 1. The quantitative estimate of drug-likeness (QED) is 0.770. The highest BCUT2D eigenvalue weighted by Crippen LogP contribution is 2.30. The highest BCUT2D eigenvalue weighted by molar-refractivity contribution is 5.84. The fraction of sp³-hybridized carbons (Fsp3) is 0.300. The molecule has 1 aliphatic rings. The smallest absolute Gasteiger partial charge is 0.241 e. The summed E-state index contributed by atoms with van der Waals surface area (Å²) in [4.78, 5) is 20.7. The first-order valence-electron chi connectivity index (χ1n) is 8.81. The molecule has 1 saturated heterocycles. The van der Waals surface area contributed by atoms with Gasteiger partial charge in [0.15, 0.2) is 0 Å². The van der Waals surface area contributed by atoms with E-state index in [2.05, 4.69) is 16.4 Å². The normalized spacial score (nSPS) is 17.5. The van der Waals surface area contributed by atoms with Crippen molar-refractivity contribution in [3.05, 3.63) is 42.2 Å². The summed E-state index contributed by atoms with van der Waals surface area (Å²) < 4.78 is 8.07. The second-order valence-electron chi connectivity index (χ2n) is 6.82. The number of imidazole rings is 1. The number of hydrogen-bond acceptors (Lipinski definition) is 5. The molecule has 0 aliphatic carbocycles. The molecule has 0 bridgehead atoms. The van der Waals surface area contributed by atoms with Crippen LogP contribution in [0.15, 0.2) is 36.7 Å². The molecule has 1 aliphatic heterocycles. The monoisotopic (exact) mass is 361 g/mol. The van der Waals surface area contributed by atoms with E-state index in [1.807, 2.05) is 36.7 Å². The lowest BCUT2D eigenvalue weighted by atomic mass is 10.0. The zero-order valence-electron chi connectivity index (χ0n) is 15.1. The SMILES string of the molecule is CC(Oc1nc(-c2ccc(C#N)cc2)cc2ncn(C)c12)[C@H]1CNC(=O)C1. The van der Waals surface area contributed by atoms with Crippen molar-refractivity contribution in [3.8, 4) is 23.2 Å². The zero-order chi connectivity index (χ0) is 19.0. The fourth-order valence-corrected chi connectivity index (χ4v) is 3.32. The molecule has 27 heavy (non-hydrogen) atoms. The number of rotatable bonds is 4. The van der Waals surface area contributed by atoms with Crippen molar-refractivity contribution in [2.24, 2.45) is 13.0 Å². The number of nitrogens with one attached hydrogen (secondary N) is 1. The summed E-state index contributed by atoms with van der Waals surface area (Å²) in [6, 6.07) is 11.3. The number of benzene rings is 1. The number of pyridine rings is 1. The van der Waals surface area contributed by atoms with Crippen molar-refractivity contribution in [2.45, 2.75) is 19.4 Å². The van der Waals surface area contributed by atoms with Crippen LogP contribution in [0.4, 0.5) is 0 Å². The van der Waals surface area contributed by atoms with E-state index in [0.29, 0.717) is 24.4 Å². The van der Waals surface area contributed by atoms with Crippen LogP contribution in [0.1, 0.15) is 18.9 Å². The van der Waals surface area contributed by atoms with Gasteiger partial charge in [0.2, 0.25) is 11.8 Å². The minimum Gasteiger partial charge on any atom is -0.473 e. The molecular formula is C20H19N5O2. The summed E-state index contributed by atoms with van der Waals surface area (Å²) in [7, 11) is 1.90. The van der Waals surface area contributed by atoms with Crippen LogP contribution in [0.2, 0.25) is 0 Å². The Kier molecular flexibility index (Phi) is 4.24. The number of nitrogens with zero attached hydrogens (tertiary/aromatic N) is 4. The van der Waals surface area contributed by atoms with Gasteiger partial charge in [0.1, 0.15) is 11.6 Å². The van der Waals surface area contributed by atoms with Gasteiger partial charge in [-0.1, -0.05) is 12.1 Å². The van der Waals surface area contributed by atoms with E-state index in [1.54, 1.807) is 18.5 Å². The van der Waals surface area contributed by atoms with Crippen LogP contribution >= 0.6 is 0 Å². The lowest BCUT2D eigenvalue weighted by molar-refractivity contribution is -0.119. The van der Waals surface area contributed by atoms with Gasteiger partial charge >= 0.3 is 0 Å². The topological polar surface area (TPSA) is 92.8 Å². The Morgan fingerprint density at radius 1 is 1.37 bits per heavy atom. The third kappa shape index (κ3) is 3.22. The number of aryl methyl sites for hydroxylation is 1. The van der Waals surface area contributed by atoms with Crippen LogP contribution in [0.25, 0.3) is 22.3 Å². The lowest BCUT2D eigenvalue weighted by Gasteiger charge is -2.20. The highest BCUT2D eigenvalue weighted by Gasteiger charge is 2.29. The number of amides is 1. The van der Waals surface area contributed by atoms with Gasteiger partial charge in [0.05, 0.1) is 29.2 Å². The molecule has 3 heterocycles. The van der Waals surface area contributed by atoms with E-state index in [1.165, 1.54) is 0 Å². The van der Waals surface area contributed by atoms with Gasteiger partial charge in [-0.2, -0.15) is 5.26 Å². The Bertz CT molecular complexity index is 1050. The Morgan fingerprint density at radius 3 is 2.81 bits per heavy atom. The zero-order valence-corrected chi connectivity index (χ0v) is 15.1. The Morgan fingerprint density at radius 2 is 2.15 bits per heavy atom. The van der Waals surface area contributed by atoms with Crippen LogP contribution < -0.4 is 10.1 Å². The average molecular weight is 361 g/mol. The first-order chi connectivity index (χ1) is 13.0. The second kappa shape index (κ2) is 6.72. The summed E-state index contributed by atoms with van der Waals surface area (Å²) in [5, 5.41) is 11.8. The molecule has 7 heteroatoms. The minimum absolute atomic E-state index is 0.0559. The van der Waals surface area contributed by atoms with Crippen LogP contribution in [0.5, 0.6) is 5.88 Å². The van der Waals surface area contributed by atoms with Crippen LogP contribution in [-0.2, 0) is 11.8 Å². The largest absolute Gasteiger partial charge is 0.473 e. The molecule has 2 atom stereocenters. The predicted molar refractivity (Wildman–Crippen MR) is 99.9 cm³/mol. The van der Waals surface area contributed by atoms with Crippen molar-refractivity contribution in [3.63, 3.8) is 0 Å². The molecule has 1 aromatic carbocycles. The fourth-order valence-electron chi connectivity index (χ4n) is 3.32. The molecule has 136 valence electrons. The van der Waals surface area contributed by atoms with Gasteiger partial charge < -0.3 is 14.6 Å². The summed E-state index contributed by atoms with van der Waals surface area (Å²) in [5.41, 5.74) is 3.82. The third-order valence-corrected chi connectivity index (χ3v) is 4.94. The number of carbonyl (C=O) groups excluding carboxylic acids is 1. The van der Waals surface area contributed by atoms with Crippen molar-refractivity contribution in [1.82, 2.24) is 19.9 Å². The van der Waals surface area contributed by atoms with E-state index >= 15 is 0 Å². The van der Waals surface area contributed by atoms with E-state index in [0.717, 1.165) is 22.3 Å². The maximum atomic E-state index is 11.5. The Balaban J connectivity index is 1.72. The van der Waals surface area contributed by atoms with E-state index in [4.69, 9.17) is 15.0 Å². The molecule has 1 amide bonds. The summed E-state index contributed by atoms with van der Waals surface area (Å²) in [6.07, 6.45) is 2.03. The van der Waals surface area contributed by atoms with Crippen LogP contribution in [0, 0.1) is 17.2 Å². The number of carbonyl (C=O) groups is 1. The molecule has 0 spiro atoms. The minimum atomic E-state index is -0.161. The van der Waals surface area contributed by atoms with Gasteiger partial charge in [-0.05, 0) is 25.1 Å². The van der Waals surface area contributed by atoms with Gasteiger partial charge in [-0.25, -0.2) is 9.97 Å². The lowest BCUT2D eigenvalue weighted by Crippen LogP contribution is -2.26. The molecule has 1 N–H and O–H groups in total. The van der Waals surface area contributed by atoms with E-state index < -0.39 is 0 Å². The predicted octanol–water partition coefficient (Wildman–Crippen LogP) is 2.41. The molecule has 1 unspecified atom stereocenters. The average Bonchev–Trinajstić information content (AvgIpc) is 3.28. The summed E-state index contributed by atoms with van der Waals surface area (Å²) >= 11 is 0. The maximum absolute atomic E-state index is 11.5. The second-order valence-corrected chi connectivity index (χ2v) is 6.82. The number of aromatic nitrogens is 3. The molecule has 7 nitrogen and oxygen atoms in total. The number of fused-ring (bicyclic) bond motifs is 1. The van der Waals surface area contributed by atoms with Gasteiger partial charge in [-0.15, -0.1) is 0 Å².